The van der Waals surface area contributed by atoms with E-state index in [1.165, 1.54) is 17.7 Å². The Labute approximate surface area is 167 Å². The van der Waals surface area contributed by atoms with Gasteiger partial charge in [0.2, 0.25) is 5.91 Å². The lowest BCUT2D eigenvalue weighted by molar-refractivity contribution is -0.121. The van der Waals surface area contributed by atoms with E-state index in [2.05, 4.69) is 12.2 Å². The zero-order valence-electron chi connectivity index (χ0n) is 16.6. The van der Waals surface area contributed by atoms with E-state index in [-0.39, 0.29) is 35.5 Å². The molecule has 0 fully saturated rings. The van der Waals surface area contributed by atoms with Crippen molar-refractivity contribution in [3.63, 3.8) is 0 Å². The zero-order valence-corrected chi connectivity index (χ0v) is 17.4. The van der Waals surface area contributed by atoms with Crippen LogP contribution in [-0.2, 0) is 21.1 Å². The Bertz CT molecular complexity index is 916. The van der Waals surface area contributed by atoms with Gasteiger partial charge in [0.05, 0.1) is 10.9 Å². The Morgan fingerprint density at radius 3 is 2.11 bits per heavy atom. The minimum absolute atomic E-state index is 0.0524. The smallest absolute Gasteiger partial charge is 0.220 e. The maximum absolute atomic E-state index is 12.3. The van der Waals surface area contributed by atoms with E-state index in [4.69, 9.17) is 0 Å². The molecule has 0 aliphatic rings. The Morgan fingerprint density at radius 2 is 1.57 bits per heavy atom. The molecule has 0 radical (unpaired) electrons. The van der Waals surface area contributed by atoms with Crippen LogP contribution in [0, 0.1) is 0 Å². The van der Waals surface area contributed by atoms with Gasteiger partial charge < -0.3 is 5.32 Å². The van der Waals surface area contributed by atoms with E-state index in [1.807, 2.05) is 31.2 Å². The topological polar surface area (TPSA) is 80.3 Å². The minimum Gasteiger partial charge on any atom is -0.350 e. The van der Waals surface area contributed by atoms with Crippen molar-refractivity contribution in [3.05, 3.63) is 65.2 Å². The molecule has 0 bridgehead atoms. The highest BCUT2D eigenvalue weighted by Crippen LogP contribution is 2.17. The summed E-state index contributed by atoms with van der Waals surface area (Å²) in [4.78, 5) is 24.7. The highest BCUT2D eigenvalue weighted by Gasteiger charge is 2.14. The van der Waals surface area contributed by atoms with Crippen LogP contribution in [0.2, 0.25) is 0 Å². The SMILES string of the molecule is CCCc1ccc(C(=O)CCC(=O)NC(C)c2ccc(S(C)(=O)=O)cc2)cc1. The van der Waals surface area contributed by atoms with Gasteiger partial charge in [0.1, 0.15) is 0 Å². The van der Waals surface area contributed by atoms with Crippen LogP contribution in [0.25, 0.3) is 0 Å². The van der Waals surface area contributed by atoms with Gasteiger partial charge in [-0.3, -0.25) is 9.59 Å². The van der Waals surface area contributed by atoms with Crippen molar-refractivity contribution in [1.82, 2.24) is 5.32 Å². The monoisotopic (exact) mass is 401 g/mol. The Kier molecular flexibility index (Phi) is 7.52. The Hall–Kier alpha value is -2.47. The third kappa shape index (κ3) is 6.30. The fourth-order valence-corrected chi connectivity index (χ4v) is 3.55. The number of carbonyl (C=O) groups is 2. The predicted octanol–water partition coefficient (Wildman–Crippen LogP) is 3.88. The summed E-state index contributed by atoms with van der Waals surface area (Å²) in [6, 6.07) is 13.7. The maximum atomic E-state index is 12.3. The number of benzene rings is 2. The molecule has 0 heterocycles. The third-order valence-corrected chi connectivity index (χ3v) is 5.71. The number of rotatable bonds is 9. The molecule has 1 amide bonds. The number of hydrogen-bond acceptors (Lipinski definition) is 4. The minimum atomic E-state index is -3.24. The molecule has 0 aliphatic heterocycles. The molecule has 1 N–H and O–H groups in total. The summed E-state index contributed by atoms with van der Waals surface area (Å²) in [5.41, 5.74) is 2.63. The molecule has 0 saturated heterocycles. The Balaban J connectivity index is 1.86. The normalized spacial score (nSPS) is 12.4. The first-order valence-electron chi connectivity index (χ1n) is 9.42. The van der Waals surface area contributed by atoms with E-state index >= 15 is 0 Å². The highest BCUT2D eigenvalue weighted by molar-refractivity contribution is 7.90. The lowest BCUT2D eigenvalue weighted by Gasteiger charge is -2.14. The second-order valence-electron chi connectivity index (χ2n) is 7.00. The molecule has 0 saturated carbocycles. The molecule has 2 aromatic carbocycles. The standard InChI is InChI=1S/C22H27NO4S/c1-4-5-17-6-8-19(9-7-17)21(24)14-15-22(25)23-16(2)18-10-12-20(13-11-18)28(3,26)27/h6-13,16H,4-5,14-15H2,1-3H3,(H,23,25). The van der Waals surface area contributed by atoms with Crippen LogP contribution in [0.4, 0.5) is 0 Å². The molecule has 2 aromatic rings. The van der Waals surface area contributed by atoms with Crippen LogP contribution in [0.1, 0.15) is 60.6 Å². The number of hydrogen-bond donors (Lipinski definition) is 1. The average Bonchev–Trinajstić information content (AvgIpc) is 2.66. The number of ketones is 1. The molecule has 2 rings (SSSR count). The average molecular weight is 402 g/mol. The van der Waals surface area contributed by atoms with Crippen LogP contribution in [0.3, 0.4) is 0 Å². The molecule has 5 nitrogen and oxygen atoms in total. The predicted molar refractivity (Wildman–Crippen MR) is 110 cm³/mol. The van der Waals surface area contributed by atoms with Crippen molar-refractivity contribution in [2.75, 3.05) is 6.26 Å². The molecular formula is C22H27NO4S. The van der Waals surface area contributed by atoms with Gasteiger partial charge in [0, 0.05) is 24.7 Å². The summed E-state index contributed by atoms with van der Waals surface area (Å²) in [6.07, 6.45) is 3.46. The highest BCUT2D eigenvalue weighted by atomic mass is 32.2. The van der Waals surface area contributed by atoms with Gasteiger partial charge in [-0.1, -0.05) is 49.7 Å². The summed E-state index contributed by atoms with van der Waals surface area (Å²) in [5.74, 6) is -0.265. The number of amides is 1. The fraction of sp³-hybridized carbons (Fsp3) is 0.364. The quantitative estimate of drug-likeness (QED) is 0.647. The van der Waals surface area contributed by atoms with Crippen LogP contribution in [0.15, 0.2) is 53.4 Å². The van der Waals surface area contributed by atoms with Crippen molar-refractivity contribution >= 4 is 21.5 Å². The van der Waals surface area contributed by atoms with Gasteiger partial charge in [-0.25, -0.2) is 8.42 Å². The molecule has 150 valence electrons. The number of aryl methyl sites for hydroxylation is 1. The summed E-state index contributed by atoms with van der Waals surface area (Å²) in [5, 5.41) is 2.85. The van der Waals surface area contributed by atoms with E-state index in [0.29, 0.717) is 5.56 Å². The van der Waals surface area contributed by atoms with Crippen molar-refractivity contribution in [2.45, 2.75) is 50.5 Å². The van der Waals surface area contributed by atoms with Crippen molar-refractivity contribution in [3.8, 4) is 0 Å². The summed E-state index contributed by atoms with van der Waals surface area (Å²) >= 11 is 0. The van der Waals surface area contributed by atoms with Crippen LogP contribution in [0.5, 0.6) is 0 Å². The molecule has 0 aliphatic carbocycles. The van der Waals surface area contributed by atoms with E-state index in [1.54, 1.807) is 12.1 Å². The number of sulfone groups is 1. The number of Topliss-reactive ketones (excluding diaryl/α,β-unsaturated/α-hetero) is 1. The fourth-order valence-electron chi connectivity index (χ4n) is 2.92. The first-order valence-corrected chi connectivity index (χ1v) is 11.3. The van der Waals surface area contributed by atoms with E-state index in [9.17, 15) is 18.0 Å². The van der Waals surface area contributed by atoms with Crippen molar-refractivity contribution in [1.29, 1.82) is 0 Å². The molecule has 0 spiro atoms. The van der Waals surface area contributed by atoms with Gasteiger partial charge in [0.25, 0.3) is 0 Å². The number of nitrogens with one attached hydrogen (secondary N) is 1. The van der Waals surface area contributed by atoms with Crippen LogP contribution >= 0.6 is 0 Å². The molecular weight excluding hydrogens is 374 g/mol. The van der Waals surface area contributed by atoms with Gasteiger partial charge in [-0.2, -0.15) is 0 Å². The van der Waals surface area contributed by atoms with E-state index in [0.717, 1.165) is 24.7 Å². The molecule has 0 aromatic heterocycles. The van der Waals surface area contributed by atoms with Gasteiger partial charge >= 0.3 is 0 Å². The van der Waals surface area contributed by atoms with E-state index < -0.39 is 9.84 Å². The molecule has 1 atom stereocenters. The Morgan fingerprint density at radius 1 is 0.964 bits per heavy atom. The lowest BCUT2D eigenvalue weighted by Crippen LogP contribution is -2.27. The lowest BCUT2D eigenvalue weighted by atomic mass is 10.0. The maximum Gasteiger partial charge on any atom is 0.220 e. The summed E-state index contributed by atoms with van der Waals surface area (Å²) in [6.45, 7) is 3.93. The van der Waals surface area contributed by atoms with Gasteiger partial charge in [-0.05, 0) is 36.6 Å². The molecule has 1 unspecified atom stereocenters. The van der Waals surface area contributed by atoms with Crippen LogP contribution in [-0.4, -0.2) is 26.4 Å². The summed E-state index contributed by atoms with van der Waals surface area (Å²) < 4.78 is 23.0. The molecule has 6 heteroatoms. The van der Waals surface area contributed by atoms with Gasteiger partial charge in [-0.15, -0.1) is 0 Å². The first-order chi connectivity index (χ1) is 13.2. The largest absolute Gasteiger partial charge is 0.350 e. The summed E-state index contributed by atoms with van der Waals surface area (Å²) in [7, 11) is -3.24. The molecule has 28 heavy (non-hydrogen) atoms. The van der Waals surface area contributed by atoms with Crippen molar-refractivity contribution < 1.29 is 18.0 Å². The van der Waals surface area contributed by atoms with Crippen molar-refractivity contribution in [2.24, 2.45) is 0 Å². The second kappa shape index (κ2) is 9.64. The number of carbonyl (C=O) groups excluding carboxylic acids is 2. The van der Waals surface area contributed by atoms with Crippen LogP contribution < -0.4 is 5.32 Å². The second-order valence-corrected chi connectivity index (χ2v) is 9.02. The third-order valence-electron chi connectivity index (χ3n) is 4.58. The zero-order chi connectivity index (χ0) is 20.7. The van der Waals surface area contributed by atoms with Gasteiger partial charge in [0.15, 0.2) is 15.6 Å². The first kappa shape index (κ1) is 21.8.